The summed E-state index contributed by atoms with van der Waals surface area (Å²) in [6.07, 6.45) is 16.2. The minimum atomic E-state index is 0.382. The van der Waals surface area contributed by atoms with E-state index in [4.69, 9.17) is 14.7 Å². The third-order valence-corrected chi connectivity index (χ3v) is 12.0. The molecular weight excluding hydrogens is 829 g/mol. The van der Waals surface area contributed by atoms with Crippen molar-refractivity contribution in [1.82, 2.24) is 69.7 Å². The van der Waals surface area contributed by atoms with Gasteiger partial charge < -0.3 is 20.3 Å². The Morgan fingerprint density at radius 2 is 1.09 bits per heavy atom. The maximum absolute atomic E-state index is 5.10. The van der Waals surface area contributed by atoms with Crippen LogP contribution in [0.3, 0.4) is 0 Å². The molecule has 0 spiro atoms. The summed E-state index contributed by atoms with van der Waals surface area (Å²) >= 11 is 0. The van der Waals surface area contributed by atoms with E-state index in [1.54, 1.807) is 19.5 Å². The Morgan fingerprint density at radius 1 is 0.591 bits per heavy atom. The second-order valence-corrected chi connectivity index (χ2v) is 17.7. The molecule has 2 atom stereocenters. The highest BCUT2D eigenvalue weighted by Crippen LogP contribution is 2.26. The van der Waals surface area contributed by atoms with E-state index >= 15 is 0 Å². The van der Waals surface area contributed by atoms with Crippen LogP contribution in [0.4, 0.5) is 23.3 Å². The highest BCUT2D eigenvalue weighted by molar-refractivity contribution is 5.83. The molecule has 0 aliphatic carbocycles. The van der Waals surface area contributed by atoms with E-state index < -0.39 is 0 Å². The number of rotatable bonds is 15. The predicted octanol–water partition coefficient (Wildman–Crippen LogP) is 8.36. The lowest BCUT2D eigenvalue weighted by Gasteiger charge is -2.42. The van der Waals surface area contributed by atoms with Gasteiger partial charge in [0.1, 0.15) is 11.6 Å². The minimum absolute atomic E-state index is 0.382. The first-order valence-electron chi connectivity index (χ1n) is 22.7. The van der Waals surface area contributed by atoms with Crippen LogP contribution in [-0.4, -0.2) is 122 Å². The zero-order valence-electron chi connectivity index (χ0n) is 39.2. The van der Waals surface area contributed by atoms with Crippen molar-refractivity contribution in [2.24, 2.45) is 0 Å². The molecule has 17 nitrogen and oxygen atoms in total. The Labute approximate surface area is 386 Å². The number of nitrogens with zero attached hydrogens (tertiary/aromatic N) is 14. The minimum Gasteiger partial charge on any atom is -0.383 e. The van der Waals surface area contributed by atoms with Gasteiger partial charge in [-0.1, -0.05) is 27.7 Å². The van der Waals surface area contributed by atoms with Crippen molar-refractivity contribution in [2.45, 2.75) is 85.0 Å². The quantitative estimate of drug-likeness (QED) is 0.100. The zero-order chi connectivity index (χ0) is 46.2. The number of piperazine rings is 1. The van der Waals surface area contributed by atoms with Crippen molar-refractivity contribution in [3.05, 3.63) is 109 Å². The standard InChI is InChI=1S/C28H37N9.C21H23N7O/c1-19(2)22-12-28(34-30-14-22)33-27-8-7-25-26(32-27)11-23(13-29-25)24-15-31-37(18-24)10-6-9-36-16-20(3)35(5)21(4)17-36;1-14(2)15-9-21(27-23-11-15)26-20-5-4-18-19(25-20)8-16(10-22-18)17-12-24-28(13-17)6-7-29-3/h7-8,11-15,18-21H,6,9-10,16-17H2,1-5H3,(H,32,33,34);4-5,8-14H,6-7H2,1-3H3,(H,25,26,27)/t20-,21+;. The van der Waals surface area contributed by atoms with E-state index in [1.807, 2.05) is 82.8 Å². The van der Waals surface area contributed by atoms with Crippen LogP contribution in [0.2, 0.25) is 0 Å². The first-order valence-corrected chi connectivity index (χ1v) is 22.7. The SMILES string of the molecule is CC(C)c1cnnc(Nc2ccc3ncc(-c4cnn(CCCN5C[C@@H](C)N(C)[C@@H](C)C5)c4)cc3n2)c1.COCCn1cc(-c2cnc3ccc(Nc4cc(C(C)C)cnn4)nc3c2)cn1. The number of aromatic nitrogens is 12. The fraction of sp³-hybridized carbons (Fsp3) is 0.388. The number of nitrogens with one attached hydrogen (secondary N) is 2. The van der Waals surface area contributed by atoms with E-state index in [1.165, 1.54) is 0 Å². The maximum Gasteiger partial charge on any atom is 0.154 e. The lowest BCUT2D eigenvalue weighted by molar-refractivity contribution is 0.0587. The van der Waals surface area contributed by atoms with E-state index in [0.717, 1.165) is 88.0 Å². The molecule has 2 N–H and O–H groups in total. The predicted molar refractivity (Wildman–Crippen MR) is 260 cm³/mol. The molecule has 342 valence electrons. The van der Waals surface area contributed by atoms with Crippen LogP contribution in [0.1, 0.15) is 70.9 Å². The molecule has 1 fully saturated rings. The first kappa shape index (κ1) is 45.7. The van der Waals surface area contributed by atoms with Crippen molar-refractivity contribution in [3.8, 4) is 22.3 Å². The molecule has 9 rings (SSSR count). The Bertz CT molecular complexity index is 2850. The van der Waals surface area contributed by atoms with Gasteiger partial charge in [0.25, 0.3) is 0 Å². The van der Waals surface area contributed by atoms with Crippen LogP contribution < -0.4 is 10.6 Å². The molecule has 17 heteroatoms. The fourth-order valence-electron chi connectivity index (χ4n) is 7.86. The average molecular weight is 889 g/mol. The Kier molecular flexibility index (Phi) is 14.6. The van der Waals surface area contributed by atoms with Gasteiger partial charge in [-0.25, -0.2) is 9.97 Å². The highest BCUT2D eigenvalue weighted by Gasteiger charge is 2.26. The molecule has 66 heavy (non-hydrogen) atoms. The molecule has 9 heterocycles. The number of fused-ring (bicyclic) bond motifs is 2. The molecule has 1 saturated heterocycles. The van der Waals surface area contributed by atoms with E-state index in [0.29, 0.717) is 60.3 Å². The van der Waals surface area contributed by atoms with Crippen molar-refractivity contribution < 1.29 is 4.74 Å². The molecule has 0 radical (unpaired) electrons. The number of hydrogen-bond donors (Lipinski definition) is 2. The number of methoxy groups -OCH3 is 1. The Morgan fingerprint density at radius 3 is 1.58 bits per heavy atom. The lowest BCUT2D eigenvalue weighted by atomic mass is 10.1. The second-order valence-electron chi connectivity index (χ2n) is 17.7. The number of ether oxygens (including phenoxy) is 1. The summed E-state index contributed by atoms with van der Waals surface area (Å²) in [5.74, 6) is 3.53. The van der Waals surface area contributed by atoms with E-state index in [9.17, 15) is 0 Å². The van der Waals surface area contributed by atoms with Gasteiger partial charge in [0, 0.05) is 92.4 Å². The smallest absolute Gasteiger partial charge is 0.154 e. The van der Waals surface area contributed by atoms with Crippen LogP contribution in [0.15, 0.2) is 98.1 Å². The van der Waals surface area contributed by atoms with Gasteiger partial charge >= 0.3 is 0 Å². The molecule has 8 aromatic heterocycles. The molecule has 0 aromatic carbocycles. The topological polar surface area (TPSA) is 179 Å². The zero-order valence-corrected chi connectivity index (χ0v) is 39.2. The summed E-state index contributed by atoms with van der Waals surface area (Å²) in [7, 11) is 3.91. The van der Waals surface area contributed by atoms with Gasteiger partial charge in [-0.3, -0.25) is 24.2 Å². The van der Waals surface area contributed by atoms with Crippen molar-refractivity contribution in [3.63, 3.8) is 0 Å². The summed E-state index contributed by atoms with van der Waals surface area (Å²) < 4.78 is 8.99. The fourth-order valence-corrected chi connectivity index (χ4v) is 7.86. The van der Waals surface area contributed by atoms with Gasteiger partial charge in [0.2, 0.25) is 0 Å². The van der Waals surface area contributed by atoms with Crippen LogP contribution in [0.25, 0.3) is 44.3 Å². The van der Waals surface area contributed by atoms with E-state index in [2.05, 4.69) is 122 Å². The highest BCUT2D eigenvalue weighted by atomic mass is 16.5. The van der Waals surface area contributed by atoms with Crippen molar-refractivity contribution in [2.75, 3.05) is 51.0 Å². The summed E-state index contributed by atoms with van der Waals surface area (Å²) in [5.41, 5.74) is 9.56. The van der Waals surface area contributed by atoms with Gasteiger partial charge in [0.15, 0.2) is 11.6 Å². The van der Waals surface area contributed by atoms with Crippen LogP contribution in [0, 0.1) is 0 Å². The van der Waals surface area contributed by atoms with Gasteiger partial charge in [0.05, 0.1) is 60.0 Å². The molecule has 1 aliphatic heterocycles. The Hall–Kier alpha value is -6.82. The summed E-state index contributed by atoms with van der Waals surface area (Å²) in [4.78, 5) is 23.7. The van der Waals surface area contributed by atoms with E-state index in [-0.39, 0.29) is 0 Å². The second kappa shape index (κ2) is 21.0. The Balaban J connectivity index is 0.000000185. The molecule has 0 amide bonds. The molecule has 0 bridgehead atoms. The van der Waals surface area contributed by atoms with Crippen molar-refractivity contribution >= 4 is 45.3 Å². The van der Waals surface area contributed by atoms with Crippen LogP contribution >= 0.6 is 0 Å². The summed E-state index contributed by atoms with van der Waals surface area (Å²) in [6, 6.07) is 17.0. The number of anilines is 4. The number of hydrogen-bond acceptors (Lipinski definition) is 15. The average Bonchev–Trinajstić information content (AvgIpc) is 4.01. The largest absolute Gasteiger partial charge is 0.383 e. The molecule has 8 aromatic rings. The molecule has 0 unspecified atom stereocenters. The van der Waals surface area contributed by atoms with Crippen molar-refractivity contribution in [1.29, 1.82) is 0 Å². The van der Waals surface area contributed by atoms with Gasteiger partial charge in [-0.05, 0) is 98.8 Å². The monoisotopic (exact) mass is 889 g/mol. The third-order valence-electron chi connectivity index (χ3n) is 12.0. The van der Waals surface area contributed by atoms with Crippen LogP contribution in [0.5, 0.6) is 0 Å². The number of likely N-dealkylation sites (N-methyl/N-ethyl adjacent to an activating group) is 1. The molecule has 1 aliphatic rings. The molecule has 0 saturated carbocycles. The summed E-state index contributed by atoms with van der Waals surface area (Å²) in [5, 5.41) is 32.0. The normalized spacial score (nSPS) is 15.7. The first-order chi connectivity index (χ1) is 32.0. The lowest BCUT2D eigenvalue weighted by Crippen LogP contribution is -2.55. The summed E-state index contributed by atoms with van der Waals surface area (Å²) in [6.45, 7) is 18.7. The molecular formula is C49H60N16O. The number of aryl methyl sites for hydroxylation is 1. The number of pyridine rings is 4. The maximum atomic E-state index is 5.10. The van der Waals surface area contributed by atoms with Gasteiger partial charge in [-0.2, -0.15) is 20.4 Å². The van der Waals surface area contributed by atoms with Crippen LogP contribution in [-0.2, 0) is 17.8 Å². The third kappa shape index (κ3) is 11.5. The van der Waals surface area contributed by atoms with Gasteiger partial charge in [-0.15, -0.1) is 10.2 Å².